The zero-order chi connectivity index (χ0) is 17.5. The number of hydrogen-bond acceptors (Lipinski definition) is 6. The number of thiazole rings is 1. The summed E-state index contributed by atoms with van der Waals surface area (Å²) < 4.78 is 10.5. The average molecular weight is 343 g/mol. The third-order valence-electron chi connectivity index (χ3n) is 3.06. The Labute approximate surface area is 143 Å². The van der Waals surface area contributed by atoms with Crippen molar-refractivity contribution in [3.8, 4) is 0 Å². The molecule has 0 atom stereocenters. The molecule has 132 valence electrons. The van der Waals surface area contributed by atoms with Crippen molar-refractivity contribution < 1.29 is 14.3 Å². The fourth-order valence-corrected chi connectivity index (χ4v) is 2.88. The molecule has 0 aliphatic heterocycles. The summed E-state index contributed by atoms with van der Waals surface area (Å²) in [6.07, 6.45) is -0.304. The van der Waals surface area contributed by atoms with Crippen LogP contribution in [0.4, 0.5) is 4.79 Å². The van der Waals surface area contributed by atoms with Gasteiger partial charge in [-0.25, -0.2) is 9.78 Å². The van der Waals surface area contributed by atoms with E-state index in [1.54, 1.807) is 23.3 Å². The second-order valence-corrected chi connectivity index (χ2v) is 7.67. The predicted octanol–water partition coefficient (Wildman–Crippen LogP) is 2.73. The van der Waals surface area contributed by atoms with Crippen LogP contribution in [0.1, 0.15) is 36.3 Å². The Balaban J connectivity index is 2.44. The number of aryl methyl sites for hydroxylation is 2. The molecule has 7 heteroatoms. The number of amides is 1. The smallest absolute Gasteiger partial charge is 0.410 e. The first-order chi connectivity index (χ1) is 10.7. The molecule has 1 aromatic heterocycles. The van der Waals surface area contributed by atoms with Gasteiger partial charge in [-0.15, -0.1) is 11.3 Å². The number of rotatable bonds is 8. The quantitative estimate of drug-likeness (QED) is 0.735. The number of aromatic nitrogens is 1. The van der Waals surface area contributed by atoms with Crippen molar-refractivity contribution in [3.63, 3.8) is 0 Å². The molecule has 0 aromatic carbocycles. The van der Waals surface area contributed by atoms with E-state index in [4.69, 9.17) is 9.47 Å². The van der Waals surface area contributed by atoms with E-state index in [1.165, 1.54) is 4.88 Å². The van der Waals surface area contributed by atoms with E-state index in [2.05, 4.69) is 10.3 Å². The summed E-state index contributed by atoms with van der Waals surface area (Å²) in [5.41, 5.74) is 0.580. The minimum absolute atomic E-state index is 0.304. The first-order valence-electron chi connectivity index (χ1n) is 7.83. The number of methoxy groups -OCH3 is 1. The molecule has 0 saturated heterocycles. The van der Waals surface area contributed by atoms with Crippen LogP contribution in [0.3, 0.4) is 0 Å². The molecule has 0 spiro atoms. The molecule has 0 unspecified atom stereocenters. The SMILES string of the molecule is COCCN(CCNCc1sc(C)nc1C)C(=O)OC(C)(C)C. The van der Waals surface area contributed by atoms with Gasteiger partial charge in [0, 0.05) is 38.2 Å². The highest BCUT2D eigenvalue weighted by Crippen LogP contribution is 2.16. The molecular formula is C16H29N3O3S. The van der Waals surface area contributed by atoms with Crippen LogP contribution in [-0.4, -0.2) is 54.9 Å². The Morgan fingerprint density at radius 1 is 1.30 bits per heavy atom. The van der Waals surface area contributed by atoms with Crippen LogP contribution in [0.25, 0.3) is 0 Å². The van der Waals surface area contributed by atoms with Crippen LogP contribution in [0.5, 0.6) is 0 Å². The summed E-state index contributed by atoms with van der Waals surface area (Å²) in [6.45, 7) is 12.7. The summed E-state index contributed by atoms with van der Waals surface area (Å²) >= 11 is 1.70. The van der Waals surface area contributed by atoms with E-state index >= 15 is 0 Å². The van der Waals surface area contributed by atoms with E-state index in [-0.39, 0.29) is 6.09 Å². The van der Waals surface area contributed by atoms with E-state index in [0.29, 0.717) is 26.2 Å². The number of nitrogens with one attached hydrogen (secondary N) is 1. The summed E-state index contributed by atoms with van der Waals surface area (Å²) in [5.74, 6) is 0. The van der Waals surface area contributed by atoms with Gasteiger partial charge in [0.1, 0.15) is 5.60 Å². The Hall–Kier alpha value is -1.18. The second-order valence-electron chi connectivity index (χ2n) is 6.38. The Morgan fingerprint density at radius 2 is 2.00 bits per heavy atom. The lowest BCUT2D eigenvalue weighted by molar-refractivity contribution is 0.0204. The lowest BCUT2D eigenvalue weighted by Crippen LogP contribution is -2.42. The van der Waals surface area contributed by atoms with Crippen molar-refractivity contribution in [2.45, 2.75) is 46.8 Å². The molecule has 1 N–H and O–H groups in total. The lowest BCUT2D eigenvalue weighted by atomic mass is 10.2. The van der Waals surface area contributed by atoms with Gasteiger partial charge in [0.25, 0.3) is 0 Å². The zero-order valence-corrected chi connectivity index (χ0v) is 15.9. The Morgan fingerprint density at radius 3 is 2.52 bits per heavy atom. The van der Waals surface area contributed by atoms with Crippen LogP contribution in [0.15, 0.2) is 0 Å². The first-order valence-corrected chi connectivity index (χ1v) is 8.65. The molecule has 0 aliphatic rings. The van der Waals surface area contributed by atoms with Crippen molar-refractivity contribution >= 4 is 17.4 Å². The number of hydrogen-bond donors (Lipinski definition) is 1. The van der Waals surface area contributed by atoms with E-state index in [0.717, 1.165) is 17.2 Å². The van der Waals surface area contributed by atoms with Crippen LogP contribution < -0.4 is 5.32 Å². The Bertz CT molecular complexity index is 497. The van der Waals surface area contributed by atoms with Gasteiger partial charge in [0.15, 0.2) is 0 Å². The van der Waals surface area contributed by atoms with Crippen LogP contribution in [-0.2, 0) is 16.0 Å². The van der Waals surface area contributed by atoms with Crippen LogP contribution >= 0.6 is 11.3 Å². The van der Waals surface area contributed by atoms with Crippen LogP contribution in [0, 0.1) is 13.8 Å². The van der Waals surface area contributed by atoms with Crippen molar-refractivity contribution in [1.82, 2.24) is 15.2 Å². The zero-order valence-electron chi connectivity index (χ0n) is 15.1. The van der Waals surface area contributed by atoms with Gasteiger partial charge in [-0.1, -0.05) is 0 Å². The van der Waals surface area contributed by atoms with Gasteiger partial charge < -0.3 is 19.7 Å². The highest BCUT2D eigenvalue weighted by atomic mass is 32.1. The number of ether oxygens (including phenoxy) is 2. The molecule has 0 fully saturated rings. The molecule has 0 aliphatic carbocycles. The van der Waals surface area contributed by atoms with Crippen molar-refractivity contribution in [1.29, 1.82) is 0 Å². The largest absolute Gasteiger partial charge is 0.444 e. The standard InChI is InChI=1S/C16H29N3O3S/c1-12-14(23-13(2)18-12)11-17-7-8-19(9-10-21-6)15(20)22-16(3,4)5/h17H,7-11H2,1-6H3. The molecule has 1 amide bonds. The second kappa shape index (κ2) is 9.20. The molecule has 0 saturated carbocycles. The molecular weight excluding hydrogens is 314 g/mol. The van der Waals surface area contributed by atoms with Gasteiger partial charge in [-0.05, 0) is 34.6 Å². The molecule has 1 heterocycles. The number of nitrogens with zero attached hydrogens (tertiary/aromatic N) is 2. The third kappa shape index (κ3) is 7.76. The monoisotopic (exact) mass is 343 g/mol. The minimum Gasteiger partial charge on any atom is -0.444 e. The first kappa shape index (κ1) is 19.9. The normalized spacial score (nSPS) is 11.6. The Kier molecular flexibility index (Phi) is 7.94. The number of carbonyl (C=O) groups excluding carboxylic acids is 1. The summed E-state index contributed by atoms with van der Waals surface area (Å²) in [4.78, 5) is 19.5. The highest BCUT2D eigenvalue weighted by molar-refractivity contribution is 7.11. The van der Waals surface area contributed by atoms with E-state index < -0.39 is 5.60 Å². The lowest BCUT2D eigenvalue weighted by Gasteiger charge is -2.27. The topological polar surface area (TPSA) is 63.7 Å². The molecule has 6 nitrogen and oxygen atoms in total. The maximum absolute atomic E-state index is 12.2. The van der Waals surface area contributed by atoms with Gasteiger partial charge in [0.05, 0.1) is 17.3 Å². The van der Waals surface area contributed by atoms with Gasteiger partial charge in [-0.2, -0.15) is 0 Å². The predicted molar refractivity (Wildman–Crippen MR) is 93.0 cm³/mol. The number of carbonyl (C=O) groups is 1. The molecule has 1 aromatic rings. The fraction of sp³-hybridized carbons (Fsp3) is 0.750. The minimum atomic E-state index is -0.493. The third-order valence-corrected chi connectivity index (χ3v) is 4.13. The summed E-state index contributed by atoms with van der Waals surface area (Å²) in [7, 11) is 1.63. The molecule has 1 rings (SSSR count). The van der Waals surface area contributed by atoms with E-state index in [9.17, 15) is 4.79 Å². The summed E-state index contributed by atoms with van der Waals surface area (Å²) in [5, 5.41) is 4.44. The maximum Gasteiger partial charge on any atom is 0.410 e. The van der Waals surface area contributed by atoms with Gasteiger partial charge >= 0.3 is 6.09 Å². The summed E-state index contributed by atoms with van der Waals surface area (Å²) in [6, 6.07) is 0. The van der Waals surface area contributed by atoms with Gasteiger partial charge in [0.2, 0.25) is 0 Å². The van der Waals surface area contributed by atoms with Gasteiger partial charge in [-0.3, -0.25) is 0 Å². The van der Waals surface area contributed by atoms with Crippen molar-refractivity contribution in [3.05, 3.63) is 15.6 Å². The molecule has 0 radical (unpaired) electrons. The van der Waals surface area contributed by atoms with Crippen molar-refractivity contribution in [2.75, 3.05) is 33.4 Å². The maximum atomic E-state index is 12.2. The van der Waals surface area contributed by atoms with Crippen molar-refractivity contribution in [2.24, 2.45) is 0 Å². The van der Waals surface area contributed by atoms with Crippen LogP contribution in [0.2, 0.25) is 0 Å². The van der Waals surface area contributed by atoms with E-state index in [1.807, 2.05) is 34.6 Å². The molecule has 0 bridgehead atoms. The molecule has 23 heavy (non-hydrogen) atoms. The average Bonchev–Trinajstić information content (AvgIpc) is 2.74. The fourth-order valence-electron chi connectivity index (χ4n) is 1.98. The highest BCUT2D eigenvalue weighted by Gasteiger charge is 2.21.